The predicted molar refractivity (Wildman–Crippen MR) is 68.8 cm³/mol. The SMILES string of the molecule is CCCCCC1OC(COP(=O)(O)O)C(O)C(O)C1O. The zero-order valence-electron chi connectivity index (χ0n) is 11.3. The Hall–Kier alpha value is -0.0500. The summed E-state index contributed by atoms with van der Waals surface area (Å²) in [6.07, 6.45) is -2.70. The van der Waals surface area contributed by atoms with Crippen LogP contribution in [0.3, 0.4) is 0 Å². The first-order chi connectivity index (χ1) is 9.26. The fourth-order valence-corrected chi connectivity index (χ4v) is 2.51. The lowest BCUT2D eigenvalue weighted by atomic mass is 9.92. The maximum absolute atomic E-state index is 10.6. The molecule has 1 saturated heterocycles. The molecule has 20 heavy (non-hydrogen) atoms. The highest BCUT2D eigenvalue weighted by atomic mass is 31.2. The molecule has 5 atom stereocenters. The van der Waals surface area contributed by atoms with Crippen LogP contribution in [0.2, 0.25) is 0 Å². The van der Waals surface area contributed by atoms with Crippen LogP contribution in [0.4, 0.5) is 0 Å². The molecule has 1 aliphatic rings. The molecule has 0 saturated carbocycles. The summed E-state index contributed by atoms with van der Waals surface area (Å²) in [5, 5.41) is 29.3. The van der Waals surface area contributed by atoms with Crippen molar-refractivity contribution >= 4 is 7.82 Å². The van der Waals surface area contributed by atoms with Gasteiger partial charge in [-0.25, -0.2) is 4.57 Å². The molecule has 1 heterocycles. The standard InChI is InChI=1S/C11H23O8P/c1-2-3-4-5-7-9(12)11(14)10(13)8(19-7)6-18-20(15,16)17/h7-14H,2-6H2,1H3,(H2,15,16,17). The number of phosphoric ester groups is 1. The second-order valence-corrected chi connectivity index (χ2v) is 6.21. The van der Waals surface area contributed by atoms with Crippen LogP contribution in [-0.4, -0.2) is 62.2 Å². The van der Waals surface area contributed by atoms with Crippen molar-refractivity contribution in [3.05, 3.63) is 0 Å². The summed E-state index contributed by atoms with van der Waals surface area (Å²) < 4.78 is 20.3. The average molecular weight is 314 g/mol. The third-order valence-corrected chi connectivity index (χ3v) is 3.80. The first-order valence-corrected chi connectivity index (χ1v) is 8.19. The summed E-state index contributed by atoms with van der Waals surface area (Å²) >= 11 is 0. The number of rotatable bonds is 7. The molecule has 0 spiro atoms. The zero-order valence-corrected chi connectivity index (χ0v) is 12.2. The van der Waals surface area contributed by atoms with E-state index in [2.05, 4.69) is 4.52 Å². The lowest BCUT2D eigenvalue weighted by Gasteiger charge is -2.40. The van der Waals surface area contributed by atoms with E-state index in [0.717, 1.165) is 19.3 Å². The van der Waals surface area contributed by atoms with Crippen LogP contribution in [0.5, 0.6) is 0 Å². The molecule has 0 radical (unpaired) electrons. The second-order valence-electron chi connectivity index (χ2n) is 4.97. The van der Waals surface area contributed by atoms with E-state index in [0.29, 0.717) is 6.42 Å². The monoisotopic (exact) mass is 314 g/mol. The van der Waals surface area contributed by atoms with Crippen LogP contribution >= 0.6 is 7.82 Å². The Morgan fingerprint density at radius 1 is 1.05 bits per heavy atom. The zero-order chi connectivity index (χ0) is 15.3. The Balaban J connectivity index is 2.58. The molecule has 1 rings (SSSR count). The number of aliphatic hydroxyl groups is 3. The molecule has 1 fully saturated rings. The summed E-state index contributed by atoms with van der Waals surface area (Å²) in [6, 6.07) is 0. The van der Waals surface area contributed by atoms with E-state index >= 15 is 0 Å². The van der Waals surface area contributed by atoms with E-state index in [1.165, 1.54) is 0 Å². The van der Waals surface area contributed by atoms with Gasteiger partial charge in [-0.1, -0.05) is 26.2 Å². The molecule has 5 unspecified atom stereocenters. The second kappa shape index (κ2) is 7.82. The smallest absolute Gasteiger partial charge is 0.388 e. The third-order valence-electron chi connectivity index (χ3n) is 3.31. The van der Waals surface area contributed by atoms with Gasteiger partial charge >= 0.3 is 7.82 Å². The summed E-state index contributed by atoms with van der Waals surface area (Å²) in [5.41, 5.74) is 0. The summed E-state index contributed by atoms with van der Waals surface area (Å²) in [6.45, 7) is 1.47. The largest absolute Gasteiger partial charge is 0.469 e. The molecule has 120 valence electrons. The number of phosphoric acid groups is 1. The maximum Gasteiger partial charge on any atom is 0.469 e. The molecule has 1 aliphatic heterocycles. The van der Waals surface area contributed by atoms with Gasteiger partial charge in [0.2, 0.25) is 0 Å². The quantitative estimate of drug-likeness (QED) is 0.314. The van der Waals surface area contributed by atoms with Gasteiger partial charge in [0.15, 0.2) is 0 Å². The van der Waals surface area contributed by atoms with Gasteiger partial charge in [-0.3, -0.25) is 4.52 Å². The molecule has 0 aromatic heterocycles. The van der Waals surface area contributed by atoms with Crippen molar-refractivity contribution in [2.75, 3.05) is 6.61 Å². The third kappa shape index (κ3) is 5.38. The molecular weight excluding hydrogens is 291 g/mol. The Kier molecular flexibility index (Phi) is 7.03. The van der Waals surface area contributed by atoms with Gasteiger partial charge in [-0.15, -0.1) is 0 Å². The van der Waals surface area contributed by atoms with Gasteiger partial charge in [0.05, 0.1) is 12.7 Å². The number of hydrogen-bond acceptors (Lipinski definition) is 6. The number of unbranched alkanes of at least 4 members (excludes halogenated alkanes) is 2. The molecule has 5 N–H and O–H groups in total. The first-order valence-electron chi connectivity index (χ1n) is 6.66. The minimum atomic E-state index is -4.67. The van der Waals surface area contributed by atoms with Crippen LogP contribution in [0.1, 0.15) is 32.6 Å². The summed E-state index contributed by atoms with van der Waals surface area (Å²) in [5.74, 6) is 0. The molecule has 0 bridgehead atoms. The number of hydrogen-bond donors (Lipinski definition) is 5. The van der Waals surface area contributed by atoms with Crippen molar-refractivity contribution in [2.45, 2.75) is 63.1 Å². The van der Waals surface area contributed by atoms with E-state index < -0.39 is 44.9 Å². The van der Waals surface area contributed by atoms with Crippen molar-refractivity contribution < 1.29 is 38.9 Å². The Morgan fingerprint density at radius 3 is 2.20 bits per heavy atom. The van der Waals surface area contributed by atoms with Gasteiger partial charge < -0.3 is 29.8 Å². The van der Waals surface area contributed by atoms with Crippen LogP contribution < -0.4 is 0 Å². The van der Waals surface area contributed by atoms with Gasteiger partial charge in [-0.05, 0) is 6.42 Å². The maximum atomic E-state index is 10.6. The molecule has 8 nitrogen and oxygen atoms in total. The number of ether oxygens (including phenoxy) is 1. The summed E-state index contributed by atoms with van der Waals surface area (Å²) in [7, 11) is -4.67. The van der Waals surface area contributed by atoms with E-state index in [9.17, 15) is 19.9 Å². The number of aliphatic hydroxyl groups excluding tert-OH is 3. The van der Waals surface area contributed by atoms with E-state index in [4.69, 9.17) is 14.5 Å². The normalized spacial score (nSPS) is 35.2. The van der Waals surface area contributed by atoms with Crippen LogP contribution in [0, 0.1) is 0 Å². The predicted octanol–water partition coefficient (Wildman–Crippen LogP) is -0.474. The highest BCUT2D eigenvalue weighted by Crippen LogP contribution is 2.37. The van der Waals surface area contributed by atoms with Gasteiger partial charge in [0.25, 0.3) is 0 Å². The molecule has 0 aliphatic carbocycles. The molecular formula is C11H23O8P. The van der Waals surface area contributed by atoms with Crippen LogP contribution in [-0.2, 0) is 13.8 Å². The Morgan fingerprint density at radius 2 is 1.65 bits per heavy atom. The van der Waals surface area contributed by atoms with Crippen LogP contribution in [0.25, 0.3) is 0 Å². The van der Waals surface area contributed by atoms with E-state index in [-0.39, 0.29) is 0 Å². The van der Waals surface area contributed by atoms with Crippen molar-refractivity contribution in [2.24, 2.45) is 0 Å². The van der Waals surface area contributed by atoms with E-state index in [1.54, 1.807) is 0 Å². The molecule has 0 amide bonds. The molecule has 9 heteroatoms. The topological polar surface area (TPSA) is 137 Å². The van der Waals surface area contributed by atoms with Gasteiger partial charge in [0.1, 0.15) is 24.4 Å². The average Bonchev–Trinajstić information content (AvgIpc) is 2.36. The fourth-order valence-electron chi connectivity index (χ4n) is 2.17. The van der Waals surface area contributed by atoms with Crippen LogP contribution in [0.15, 0.2) is 0 Å². The van der Waals surface area contributed by atoms with Crippen molar-refractivity contribution in [1.29, 1.82) is 0 Å². The Labute approximate surface area is 117 Å². The van der Waals surface area contributed by atoms with Crippen molar-refractivity contribution in [3.63, 3.8) is 0 Å². The molecule has 0 aromatic rings. The molecule has 0 aromatic carbocycles. The van der Waals surface area contributed by atoms with Crippen molar-refractivity contribution in [3.8, 4) is 0 Å². The highest BCUT2D eigenvalue weighted by Gasteiger charge is 2.43. The lowest BCUT2D eigenvalue weighted by Crippen LogP contribution is -2.58. The lowest BCUT2D eigenvalue weighted by molar-refractivity contribution is -0.229. The fraction of sp³-hybridized carbons (Fsp3) is 1.00. The van der Waals surface area contributed by atoms with Gasteiger partial charge in [0, 0.05) is 0 Å². The minimum Gasteiger partial charge on any atom is -0.388 e. The van der Waals surface area contributed by atoms with Gasteiger partial charge in [-0.2, -0.15) is 0 Å². The minimum absolute atomic E-state index is 0.491. The van der Waals surface area contributed by atoms with Crippen molar-refractivity contribution in [1.82, 2.24) is 0 Å². The highest BCUT2D eigenvalue weighted by molar-refractivity contribution is 7.46. The van der Waals surface area contributed by atoms with E-state index in [1.807, 2.05) is 6.92 Å². The Bertz CT molecular complexity index is 332. The summed E-state index contributed by atoms with van der Waals surface area (Å²) in [4.78, 5) is 17.3. The first kappa shape index (κ1) is 18.0.